The van der Waals surface area contributed by atoms with Gasteiger partial charge in [-0.25, -0.2) is 0 Å². The van der Waals surface area contributed by atoms with E-state index in [1.807, 2.05) is 0 Å². The van der Waals surface area contributed by atoms with Crippen molar-refractivity contribution in [1.29, 1.82) is 0 Å². The smallest absolute Gasteiger partial charge is 0.250 e. The molecular weight excluding hydrogens is 144 g/mol. The number of nitrogens with zero attached hydrogens (tertiary/aromatic N) is 2. The predicted octanol–water partition coefficient (Wildman–Crippen LogP) is -0.244. The van der Waals surface area contributed by atoms with Gasteiger partial charge in [-0.2, -0.15) is 0 Å². The van der Waals surface area contributed by atoms with Gasteiger partial charge in [0, 0.05) is 13.1 Å². The first kappa shape index (κ1) is 6.64. The van der Waals surface area contributed by atoms with Crippen LogP contribution >= 0.6 is 0 Å². The Labute approximate surface area is 64.7 Å². The fourth-order valence-corrected chi connectivity index (χ4v) is 1.60. The minimum absolute atomic E-state index is 0.0327. The number of amides is 2. The van der Waals surface area contributed by atoms with Crippen molar-refractivity contribution in [2.75, 3.05) is 13.1 Å². The summed E-state index contributed by atoms with van der Waals surface area (Å²) in [5.74, 6) is -0.0654. The van der Waals surface area contributed by atoms with Gasteiger partial charge < -0.3 is 0 Å². The monoisotopic (exact) mass is 154 g/mol. The molecule has 0 bridgehead atoms. The van der Waals surface area contributed by atoms with E-state index >= 15 is 0 Å². The van der Waals surface area contributed by atoms with Crippen LogP contribution in [0, 0.1) is 0 Å². The lowest BCUT2D eigenvalue weighted by molar-refractivity contribution is -0.150. The molecule has 2 heterocycles. The molecule has 2 amide bonds. The summed E-state index contributed by atoms with van der Waals surface area (Å²) in [5, 5.41) is 3.15. The van der Waals surface area contributed by atoms with Crippen molar-refractivity contribution in [3.05, 3.63) is 0 Å². The Morgan fingerprint density at radius 3 is 1.82 bits per heavy atom. The molecule has 0 N–H and O–H groups in total. The van der Waals surface area contributed by atoms with E-state index in [1.165, 1.54) is 0 Å². The van der Waals surface area contributed by atoms with Gasteiger partial charge >= 0.3 is 0 Å². The lowest BCUT2D eigenvalue weighted by Crippen LogP contribution is -2.45. The van der Waals surface area contributed by atoms with Crippen LogP contribution in [0.1, 0.15) is 19.3 Å². The second-order valence-electron chi connectivity index (χ2n) is 2.92. The third kappa shape index (κ3) is 0.895. The second-order valence-corrected chi connectivity index (χ2v) is 2.92. The van der Waals surface area contributed by atoms with Gasteiger partial charge in [0.05, 0.1) is 0 Å². The molecule has 4 heteroatoms. The summed E-state index contributed by atoms with van der Waals surface area (Å²) in [6.07, 6.45) is 2.13. The fraction of sp³-hybridized carbons (Fsp3) is 0.714. The van der Waals surface area contributed by atoms with Crippen LogP contribution in [-0.4, -0.2) is 34.9 Å². The first-order valence-corrected chi connectivity index (χ1v) is 3.90. The van der Waals surface area contributed by atoms with E-state index in [9.17, 15) is 9.59 Å². The SMILES string of the molecule is O=C1CC(=O)N2CCCCN12. The molecule has 2 aliphatic rings. The second kappa shape index (κ2) is 2.22. The van der Waals surface area contributed by atoms with Crippen molar-refractivity contribution in [2.24, 2.45) is 0 Å². The van der Waals surface area contributed by atoms with Gasteiger partial charge in [0.15, 0.2) is 0 Å². The van der Waals surface area contributed by atoms with Crippen molar-refractivity contribution in [3.8, 4) is 0 Å². The average molecular weight is 154 g/mol. The van der Waals surface area contributed by atoms with Crippen LogP contribution in [-0.2, 0) is 9.59 Å². The van der Waals surface area contributed by atoms with E-state index in [2.05, 4.69) is 0 Å². The molecule has 2 saturated heterocycles. The lowest BCUT2D eigenvalue weighted by atomic mass is 10.2. The molecule has 0 atom stereocenters. The van der Waals surface area contributed by atoms with Gasteiger partial charge in [0.25, 0.3) is 11.8 Å². The van der Waals surface area contributed by atoms with Crippen LogP contribution in [0.25, 0.3) is 0 Å². The third-order valence-electron chi connectivity index (χ3n) is 2.16. The van der Waals surface area contributed by atoms with Crippen LogP contribution in [0.15, 0.2) is 0 Å². The number of fused-ring (bicyclic) bond motifs is 1. The Hall–Kier alpha value is -1.06. The number of rotatable bonds is 0. The Bertz CT molecular complexity index is 192. The van der Waals surface area contributed by atoms with E-state index in [0.29, 0.717) is 0 Å². The highest BCUT2D eigenvalue weighted by Gasteiger charge is 2.36. The Morgan fingerprint density at radius 1 is 0.909 bits per heavy atom. The molecule has 2 fully saturated rings. The number of hydrogen-bond acceptors (Lipinski definition) is 2. The van der Waals surface area contributed by atoms with Crippen molar-refractivity contribution in [2.45, 2.75) is 19.3 Å². The minimum Gasteiger partial charge on any atom is -0.272 e. The molecule has 4 nitrogen and oxygen atoms in total. The van der Waals surface area contributed by atoms with Gasteiger partial charge in [-0.3, -0.25) is 19.6 Å². The van der Waals surface area contributed by atoms with Crippen LogP contribution in [0.4, 0.5) is 0 Å². The zero-order chi connectivity index (χ0) is 7.84. The molecule has 11 heavy (non-hydrogen) atoms. The van der Waals surface area contributed by atoms with Gasteiger partial charge in [-0.05, 0) is 12.8 Å². The average Bonchev–Trinajstić information content (AvgIpc) is 2.30. The zero-order valence-electron chi connectivity index (χ0n) is 6.25. The van der Waals surface area contributed by atoms with E-state index < -0.39 is 0 Å². The molecule has 0 aromatic heterocycles. The first-order valence-electron chi connectivity index (χ1n) is 3.90. The van der Waals surface area contributed by atoms with Crippen LogP contribution < -0.4 is 0 Å². The highest BCUT2D eigenvalue weighted by Crippen LogP contribution is 2.19. The molecular formula is C7H10N2O2. The van der Waals surface area contributed by atoms with Gasteiger partial charge in [-0.15, -0.1) is 0 Å². The molecule has 0 radical (unpaired) electrons. The van der Waals surface area contributed by atoms with Crippen molar-refractivity contribution in [3.63, 3.8) is 0 Å². The summed E-state index contributed by atoms with van der Waals surface area (Å²) in [6.45, 7) is 1.45. The Balaban J connectivity index is 2.19. The fourth-order valence-electron chi connectivity index (χ4n) is 1.60. The quantitative estimate of drug-likeness (QED) is 0.452. The van der Waals surface area contributed by atoms with Gasteiger partial charge in [0.1, 0.15) is 6.42 Å². The maximum Gasteiger partial charge on any atom is 0.250 e. The summed E-state index contributed by atoms with van der Waals surface area (Å²) in [6, 6.07) is 0. The summed E-state index contributed by atoms with van der Waals surface area (Å²) < 4.78 is 0. The Morgan fingerprint density at radius 2 is 1.36 bits per heavy atom. The number of hydrazine groups is 1. The number of carbonyl (C=O) groups excluding carboxylic acids is 2. The normalized spacial score (nSPS) is 24.4. The highest BCUT2D eigenvalue weighted by atomic mass is 16.2. The van der Waals surface area contributed by atoms with E-state index in [0.717, 1.165) is 25.9 Å². The van der Waals surface area contributed by atoms with Crippen LogP contribution in [0.3, 0.4) is 0 Å². The summed E-state index contributed by atoms with van der Waals surface area (Å²) in [7, 11) is 0. The molecule has 0 unspecified atom stereocenters. The molecule has 2 aliphatic heterocycles. The summed E-state index contributed by atoms with van der Waals surface area (Å²) >= 11 is 0. The first-order chi connectivity index (χ1) is 5.29. The maximum absolute atomic E-state index is 11.1. The van der Waals surface area contributed by atoms with E-state index in [-0.39, 0.29) is 18.2 Å². The van der Waals surface area contributed by atoms with Gasteiger partial charge in [-0.1, -0.05) is 0 Å². The molecule has 0 aromatic carbocycles. The topological polar surface area (TPSA) is 40.6 Å². The van der Waals surface area contributed by atoms with Crippen molar-refractivity contribution >= 4 is 11.8 Å². The molecule has 0 aromatic rings. The van der Waals surface area contributed by atoms with Crippen LogP contribution in [0.5, 0.6) is 0 Å². The predicted molar refractivity (Wildman–Crippen MR) is 37.3 cm³/mol. The third-order valence-corrected chi connectivity index (χ3v) is 2.16. The molecule has 0 aliphatic carbocycles. The minimum atomic E-state index is -0.0327. The molecule has 0 saturated carbocycles. The maximum atomic E-state index is 11.1. The Kier molecular flexibility index (Phi) is 1.34. The molecule has 2 rings (SSSR count). The zero-order valence-corrected chi connectivity index (χ0v) is 6.25. The lowest BCUT2D eigenvalue weighted by Gasteiger charge is -2.31. The largest absolute Gasteiger partial charge is 0.272 e. The van der Waals surface area contributed by atoms with E-state index in [1.54, 1.807) is 10.0 Å². The highest BCUT2D eigenvalue weighted by molar-refractivity contribution is 6.02. The number of carbonyl (C=O) groups is 2. The standard InChI is InChI=1S/C7H10N2O2/c10-6-5-7(11)9-4-2-1-3-8(6)9/h1-5H2. The number of hydrogen-bond donors (Lipinski definition) is 0. The summed E-state index contributed by atoms with van der Waals surface area (Å²) in [5.41, 5.74) is 0. The van der Waals surface area contributed by atoms with E-state index in [4.69, 9.17) is 0 Å². The molecule has 60 valence electrons. The van der Waals surface area contributed by atoms with Crippen molar-refractivity contribution in [1.82, 2.24) is 10.0 Å². The van der Waals surface area contributed by atoms with Crippen LogP contribution in [0.2, 0.25) is 0 Å². The van der Waals surface area contributed by atoms with Crippen molar-refractivity contribution < 1.29 is 9.59 Å². The van der Waals surface area contributed by atoms with Gasteiger partial charge in [0.2, 0.25) is 0 Å². The molecule has 0 spiro atoms. The summed E-state index contributed by atoms with van der Waals surface area (Å²) in [4.78, 5) is 22.2.